The van der Waals surface area contributed by atoms with Gasteiger partial charge in [-0.2, -0.15) is 15.3 Å². The van der Waals surface area contributed by atoms with Crippen molar-refractivity contribution in [3.63, 3.8) is 0 Å². The average molecular weight is 403 g/mol. The van der Waals surface area contributed by atoms with Gasteiger partial charge < -0.3 is 4.90 Å². The maximum absolute atomic E-state index is 12.9. The second-order valence-electron chi connectivity index (χ2n) is 8.24. The van der Waals surface area contributed by atoms with Crippen LogP contribution in [-0.2, 0) is 13.0 Å². The Morgan fingerprint density at radius 1 is 1.20 bits per heavy atom. The fourth-order valence-corrected chi connectivity index (χ4v) is 4.20. The highest BCUT2D eigenvalue weighted by atomic mass is 16.1. The van der Waals surface area contributed by atoms with Crippen LogP contribution in [0.5, 0.6) is 0 Å². The third-order valence-corrected chi connectivity index (χ3v) is 5.99. The SMILES string of the molecule is CN1CCC(Cn2cc(CC(=O)c3n[nH]c4cc(-c5cn[nH]c5)ccc34)cn2)CC1. The number of aromatic nitrogens is 6. The smallest absolute Gasteiger partial charge is 0.188 e. The van der Waals surface area contributed by atoms with Crippen LogP contribution in [0.1, 0.15) is 28.9 Å². The van der Waals surface area contributed by atoms with Crippen molar-refractivity contribution in [3.8, 4) is 11.1 Å². The molecule has 5 rings (SSSR count). The molecule has 0 saturated carbocycles. The molecule has 0 radical (unpaired) electrons. The topological polar surface area (TPSA) is 95.5 Å². The first-order valence-corrected chi connectivity index (χ1v) is 10.4. The number of piperidine rings is 1. The Labute approximate surface area is 174 Å². The van der Waals surface area contributed by atoms with E-state index < -0.39 is 0 Å². The summed E-state index contributed by atoms with van der Waals surface area (Å²) >= 11 is 0. The van der Waals surface area contributed by atoms with Gasteiger partial charge in [0.05, 0.1) is 17.9 Å². The average Bonchev–Trinajstić information content (AvgIpc) is 3.50. The Morgan fingerprint density at radius 3 is 2.87 bits per heavy atom. The van der Waals surface area contributed by atoms with Gasteiger partial charge in [-0.05, 0) is 62.2 Å². The number of fused-ring (bicyclic) bond motifs is 1. The number of hydrogen-bond acceptors (Lipinski definition) is 5. The van der Waals surface area contributed by atoms with Crippen LogP contribution < -0.4 is 0 Å². The summed E-state index contributed by atoms with van der Waals surface area (Å²) in [4.78, 5) is 15.3. The van der Waals surface area contributed by atoms with Gasteiger partial charge in [0, 0.05) is 36.3 Å². The van der Waals surface area contributed by atoms with Gasteiger partial charge in [-0.1, -0.05) is 6.07 Å². The van der Waals surface area contributed by atoms with Crippen molar-refractivity contribution >= 4 is 16.7 Å². The number of H-pyrrole nitrogens is 2. The van der Waals surface area contributed by atoms with Crippen molar-refractivity contribution in [2.75, 3.05) is 20.1 Å². The largest absolute Gasteiger partial charge is 0.306 e. The van der Waals surface area contributed by atoms with Gasteiger partial charge in [0.1, 0.15) is 5.69 Å². The quantitative estimate of drug-likeness (QED) is 0.483. The zero-order chi connectivity index (χ0) is 20.5. The Balaban J connectivity index is 1.27. The molecule has 1 aliphatic rings. The van der Waals surface area contributed by atoms with Crippen LogP contribution in [0.2, 0.25) is 0 Å². The highest BCUT2D eigenvalue weighted by Gasteiger charge is 2.19. The van der Waals surface area contributed by atoms with Crippen molar-refractivity contribution in [2.45, 2.75) is 25.8 Å². The normalized spacial score (nSPS) is 15.8. The lowest BCUT2D eigenvalue weighted by Crippen LogP contribution is -2.31. The van der Waals surface area contributed by atoms with Crippen molar-refractivity contribution in [1.29, 1.82) is 0 Å². The molecule has 2 N–H and O–H groups in total. The summed E-state index contributed by atoms with van der Waals surface area (Å²) in [5.41, 5.74) is 4.27. The molecule has 3 aromatic heterocycles. The number of rotatable bonds is 6. The summed E-state index contributed by atoms with van der Waals surface area (Å²) < 4.78 is 1.98. The lowest BCUT2D eigenvalue weighted by Gasteiger charge is -2.28. The number of Topliss-reactive ketones (excluding diaryl/α,β-unsaturated/α-hetero) is 1. The number of nitrogens with one attached hydrogen (secondary N) is 2. The minimum Gasteiger partial charge on any atom is -0.306 e. The lowest BCUT2D eigenvalue weighted by atomic mass is 9.97. The highest BCUT2D eigenvalue weighted by molar-refractivity contribution is 6.07. The number of carbonyl (C=O) groups excluding carboxylic acids is 1. The maximum atomic E-state index is 12.9. The van der Waals surface area contributed by atoms with Gasteiger partial charge in [0.2, 0.25) is 0 Å². The molecule has 4 aromatic rings. The number of aromatic amines is 2. The van der Waals surface area contributed by atoms with E-state index in [1.165, 1.54) is 12.8 Å². The Kier molecular flexibility index (Phi) is 4.92. The molecule has 1 saturated heterocycles. The number of benzene rings is 1. The van der Waals surface area contributed by atoms with Crippen molar-refractivity contribution in [1.82, 2.24) is 35.1 Å². The minimum atomic E-state index is -0.00356. The van der Waals surface area contributed by atoms with E-state index in [1.807, 2.05) is 35.3 Å². The van der Waals surface area contributed by atoms with Crippen LogP contribution in [0.4, 0.5) is 0 Å². The fourth-order valence-electron chi connectivity index (χ4n) is 4.20. The first-order valence-electron chi connectivity index (χ1n) is 10.4. The molecule has 0 amide bonds. The molecule has 8 nitrogen and oxygen atoms in total. The van der Waals surface area contributed by atoms with Gasteiger partial charge in [-0.15, -0.1) is 0 Å². The van der Waals surface area contributed by atoms with Gasteiger partial charge in [0.25, 0.3) is 0 Å². The summed E-state index contributed by atoms with van der Waals surface area (Å²) in [6.45, 7) is 3.21. The molecule has 0 unspecified atom stereocenters. The minimum absolute atomic E-state index is 0.00356. The molecule has 1 aromatic carbocycles. The fraction of sp³-hybridized carbons (Fsp3) is 0.364. The maximum Gasteiger partial charge on any atom is 0.188 e. The van der Waals surface area contributed by atoms with E-state index in [0.29, 0.717) is 18.0 Å². The number of hydrogen-bond donors (Lipinski definition) is 2. The van der Waals surface area contributed by atoms with Gasteiger partial charge in [-0.25, -0.2) is 0 Å². The van der Waals surface area contributed by atoms with Crippen LogP contribution >= 0.6 is 0 Å². The van der Waals surface area contributed by atoms with Crippen LogP contribution in [0, 0.1) is 5.92 Å². The monoisotopic (exact) mass is 403 g/mol. The molecule has 4 heterocycles. The molecule has 8 heteroatoms. The summed E-state index contributed by atoms with van der Waals surface area (Å²) in [7, 11) is 2.17. The van der Waals surface area contributed by atoms with Crippen LogP contribution in [-0.4, -0.2) is 61.0 Å². The Bertz CT molecular complexity index is 1150. The number of carbonyl (C=O) groups is 1. The summed E-state index contributed by atoms with van der Waals surface area (Å²) in [6.07, 6.45) is 10.1. The van der Waals surface area contributed by atoms with Crippen molar-refractivity contribution < 1.29 is 4.79 Å². The number of likely N-dealkylation sites (tertiary alicyclic amines) is 1. The first-order chi connectivity index (χ1) is 14.7. The Morgan fingerprint density at radius 2 is 2.07 bits per heavy atom. The summed E-state index contributed by atoms with van der Waals surface area (Å²) in [5.74, 6) is 0.653. The Hall–Kier alpha value is -3.26. The van der Waals surface area contributed by atoms with E-state index in [4.69, 9.17) is 0 Å². The van der Waals surface area contributed by atoms with E-state index in [9.17, 15) is 4.79 Å². The van der Waals surface area contributed by atoms with E-state index in [-0.39, 0.29) is 5.78 Å². The van der Waals surface area contributed by atoms with E-state index in [1.54, 1.807) is 12.4 Å². The first kappa shape index (κ1) is 18.7. The molecular formula is C22H25N7O. The molecule has 1 fully saturated rings. The zero-order valence-electron chi connectivity index (χ0n) is 17.0. The molecular weight excluding hydrogens is 378 g/mol. The lowest BCUT2D eigenvalue weighted by molar-refractivity contribution is 0.0989. The molecule has 1 aliphatic heterocycles. The standard InChI is InChI=1S/C22H25N7O/c1-28-6-4-15(5-7-28)13-29-14-16(10-25-29)8-21(30)22-19-3-2-17(9-20(19)26-27-22)18-11-23-24-12-18/h2-3,9-12,14-15H,4-8,13H2,1H3,(H,23,24)(H,26,27). The molecule has 30 heavy (non-hydrogen) atoms. The van der Waals surface area contributed by atoms with Gasteiger partial charge in [0.15, 0.2) is 5.78 Å². The van der Waals surface area contributed by atoms with Crippen molar-refractivity contribution in [2.24, 2.45) is 5.92 Å². The molecule has 0 atom stereocenters. The molecule has 0 bridgehead atoms. The van der Waals surface area contributed by atoms with E-state index in [2.05, 4.69) is 37.4 Å². The summed E-state index contributed by atoms with van der Waals surface area (Å²) in [5, 5.41) is 19.4. The molecule has 154 valence electrons. The second kappa shape index (κ2) is 7.87. The highest BCUT2D eigenvalue weighted by Crippen LogP contribution is 2.25. The predicted octanol–water partition coefficient (Wildman–Crippen LogP) is 2.92. The van der Waals surface area contributed by atoms with Gasteiger partial charge >= 0.3 is 0 Å². The van der Waals surface area contributed by atoms with Crippen molar-refractivity contribution in [3.05, 3.63) is 54.2 Å². The van der Waals surface area contributed by atoms with E-state index >= 15 is 0 Å². The van der Waals surface area contributed by atoms with Crippen LogP contribution in [0.3, 0.4) is 0 Å². The van der Waals surface area contributed by atoms with Gasteiger partial charge in [-0.3, -0.25) is 19.7 Å². The van der Waals surface area contributed by atoms with Crippen LogP contribution in [0.15, 0.2) is 43.0 Å². The third kappa shape index (κ3) is 3.78. The third-order valence-electron chi connectivity index (χ3n) is 5.99. The number of ketones is 1. The van der Waals surface area contributed by atoms with E-state index in [0.717, 1.165) is 47.2 Å². The second-order valence-corrected chi connectivity index (χ2v) is 8.24. The molecule has 0 spiro atoms. The predicted molar refractivity (Wildman–Crippen MR) is 114 cm³/mol. The van der Waals surface area contributed by atoms with Crippen LogP contribution in [0.25, 0.3) is 22.0 Å². The summed E-state index contributed by atoms with van der Waals surface area (Å²) in [6, 6.07) is 5.92. The zero-order valence-corrected chi connectivity index (χ0v) is 17.0. The number of nitrogens with zero attached hydrogens (tertiary/aromatic N) is 5. The molecule has 0 aliphatic carbocycles.